The van der Waals surface area contributed by atoms with E-state index in [1.807, 2.05) is 12.1 Å². The van der Waals surface area contributed by atoms with Gasteiger partial charge in [0, 0.05) is 11.6 Å². The van der Waals surface area contributed by atoms with Gasteiger partial charge in [-0.3, -0.25) is 4.79 Å². The number of aliphatic carboxylic acids is 1. The van der Waals surface area contributed by atoms with Crippen molar-refractivity contribution in [2.24, 2.45) is 0 Å². The highest BCUT2D eigenvalue weighted by Gasteiger charge is 2.13. The van der Waals surface area contributed by atoms with Crippen LogP contribution in [0.2, 0.25) is 0 Å². The number of amides is 1. The second-order valence-electron chi connectivity index (χ2n) is 6.03. The van der Waals surface area contributed by atoms with E-state index in [4.69, 9.17) is 9.47 Å². The number of hydrogen-bond donors (Lipinski definition) is 2. The fraction of sp³-hybridized carbons (Fsp3) is 0.0435. The number of carbonyl (C=O) groups excluding carboxylic acids is 1. The zero-order valence-corrected chi connectivity index (χ0v) is 15.7. The molecule has 0 unspecified atom stereocenters. The molecule has 6 nitrogen and oxygen atoms in total. The summed E-state index contributed by atoms with van der Waals surface area (Å²) in [5.74, 6) is 0.167. The van der Waals surface area contributed by atoms with Crippen LogP contribution in [-0.2, 0) is 4.79 Å². The summed E-state index contributed by atoms with van der Waals surface area (Å²) in [6, 6.07) is 22.4. The van der Waals surface area contributed by atoms with Crippen molar-refractivity contribution < 1.29 is 24.2 Å². The number of nitrogens with one attached hydrogen (secondary N) is 1. The lowest BCUT2D eigenvalue weighted by Gasteiger charge is -2.08. The van der Waals surface area contributed by atoms with Crippen LogP contribution < -0.4 is 14.8 Å². The minimum absolute atomic E-state index is 0.222. The van der Waals surface area contributed by atoms with Gasteiger partial charge in [0.2, 0.25) is 0 Å². The van der Waals surface area contributed by atoms with Gasteiger partial charge in [0.25, 0.3) is 5.91 Å². The lowest BCUT2D eigenvalue weighted by atomic mass is 10.1. The molecule has 3 aromatic rings. The molecule has 2 N–H and O–H groups in total. The highest BCUT2D eigenvalue weighted by Crippen LogP contribution is 2.25. The fourth-order valence-electron chi connectivity index (χ4n) is 2.53. The number of benzene rings is 3. The summed E-state index contributed by atoms with van der Waals surface area (Å²) in [4.78, 5) is 23.7. The molecule has 0 fully saturated rings. The Labute approximate surface area is 168 Å². The molecule has 1 amide bonds. The van der Waals surface area contributed by atoms with Crippen molar-refractivity contribution in [1.29, 1.82) is 0 Å². The SMILES string of the molecule is COc1cccc(Oc2ccc(/C=C(\NC(=O)c3ccccc3)C(=O)O)cc2)c1. The number of hydrogen-bond acceptors (Lipinski definition) is 4. The number of methoxy groups -OCH3 is 1. The Morgan fingerprint density at radius 2 is 1.55 bits per heavy atom. The molecule has 0 atom stereocenters. The van der Waals surface area contributed by atoms with E-state index in [0.717, 1.165) is 0 Å². The average molecular weight is 389 g/mol. The number of carboxylic acids is 1. The molecule has 0 saturated carbocycles. The van der Waals surface area contributed by atoms with Gasteiger partial charge in [-0.2, -0.15) is 0 Å². The van der Waals surface area contributed by atoms with Crippen molar-refractivity contribution in [3.05, 3.63) is 95.7 Å². The zero-order valence-electron chi connectivity index (χ0n) is 15.7. The van der Waals surface area contributed by atoms with Crippen LogP contribution in [0.15, 0.2) is 84.6 Å². The molecule has 0 aliphatic carbocycles. The number of rotatable bonds is 7. The highest BCUT2D eigenvalue weighted by atomic mass is 16.5. The van der Waals surface area contributed by atoms with Crippen LogP contribution in [0.3, 0.4) is 0 Å². The van der Waals surface area contributed by atoms with E-state index in [1.165, 1.54) is 6.08 Å². The molecule has 0 bridgehead atoms. The fourth-order valence-corrected chi connectivity index (χ4v) is 2.53. The Morgan fingerprint density at radius 3 is 2.21 bits per heavy atom. The Hall–Kier alpha value is -4.06. The largest absolute Gasteiger partial charge is 0.497 e. The maximum atomic E-state index is 12.2. The second kappa shape index (κ2) is 9.23. The van der Waals surface area contributed by atoms with E-state index in [0.29, 0.717) is 28.4 Å². The second-order valence-corrected chi connectivity index (χ2v) is 6.03. The molecule has 0 heterocycles. The third-order valence-electron chi connectivity index (χ3n) is 3.98. The molecule has 0 spiro atoms. The van der Waals surface area contributed by atoms with Gasteiger partial charge in [-0.25, -0.2) is 4.79 Å². The van der Waals surface area contributed by atoms with E-state index in [-0.39, 0.29) is 5.70 Å². The molecular weight excluding hydrogens is 370 g/mol. The standard InChI is InChI=1S/C23H19NO5/c1-28-19-8-5-9-20(15-19)29-18-12-10-16(11-13-18)14-21(23(26)27)24-22(25)17-6-3-2-4-7-17/h2-15H,1H3,(H,24,25)(H,26,27)/b21-14-. The van der Waals surface area contributed by atoms with Crippen LogP contribution in [0.4, 0.5) is 0 Å². The van der Waals surface area contributed by atoms with Crippen LogP contribution in [0.25, 0.3) is 6.08 Å². The van der Waals surface area contributed by atoms with Crippen molar-refractivity contribution in [2.75, 3.05) is 7.11 Å². The normalized spacial score (nSPS) is 10.9. The summed E-state index contributed by atoms with van der Waals surface area (Å²) in [5.41, 5.74) is 0.760. The zero-order chi connectivity index (χ0) is 20.6. The van der Waals surface area contributed by atoms with Crippen LogP contribution >= 0.6 is 0 Å². The summed E-state index contributed by atoms with van der Waals surface area (Å²) < 4.78 is 10.9. The quantitative estimate of drug-likeness (QED) is 0.587. The Kier molecular flexibility index (Phi) is 6.27. The first-order chi connectivity index (χ1) is 14.0. The summed E-state index contributed by atoms with van der Waals surface area (Å²) >= 11 is 0. The van der Waals surface area contributed by atoms with Gasteiger partial charge in [0.15, 0.2) is 0 Å². The lowest BCUT2D eigenvalue weighted by Crippen LogP contribution is -2.27. The van der Waals surface area contributed by atoms with E-state index >= 15 is 0 Å². The molecule has 29 heavy (non-hydrogen) atoms. The van der Waals surface area contributed by atoms with Crippen molar-refractivity contribution >= 4 is 18.0 Å². The van der Waals surface area contributed by atoms with Crippen LogP contribution in [0.5, 0.6) is 17.2 Å². The van der Waals surface area contributed by atoms with E-state index in [2.05, 4.69) is 5.32 Å². The molecular formula is C23H19NO5. The topological polar surface area (TPSA) is 84.9 Å². The third kappa shape index (κ3) is 5.46. The molecule has 0 radical (unpaired) electrons. The first kappa shape index (κ1) is 19.7. The minimum atomic E-state index is -1.23. The van der Waals surface area contributed by atoms with E-state index in [1.54, 1.807) is 73.8 Å². The molecule has 3 rings (SSSR count). The predicted octanol–water partition coefficient (Wildman–Crippen LogP) is 4.34. The highest BCUT2D eigenvalue weighted by molar-refractivity contribution is 6.02. The molecule has 146 valence electrons. The monoisotopic (exact) mass is 389 g/mol. The predicted molar refractivity (Wildman–Crippen MR) is 109 cm³/mol. The van der Waals surface area contributed by atoms with E-state index in [9.17, 15) is 14.7 Å². The van der Waals surface area contributed by atoms with Gasteiger partial charge < -0.3 is 19.9 Å². The van der Waals surface area contributed by atoms with Crippen LogP contribution in [0.1, 0.15) is 15.9 Å². The van der Waals surface area contributed by atoms with Crippen LogP contribution in [0, 0.1) is 0 Å². The lowest BCUT2D eigenvalue weighted by molar-refractivity contribution is -0.132. The summed E-state index contributed by atoms with van der Waals surface area (Å²) in [6.45, 7) is 0. The average Bonchev–Trinajstić information content (AvgIpc) is 2.75. The Morgan fingerprint density at radius 1 is 0.862 bits per heavy atom. The van der Waals surface area contributed by atoms with Gasteiger partial charge >= 0.3 is 5.97 Å². The first-order valence-corrected chi connectivity index (χ1v) is 8.78. The van der Waals surface area contributed by atoms with E-state index < -0.39 is 11.9 Å². The van der Waals surface area contributed by atoms with Gasteiger partial charge in [0.1, 0.15) is 22.9 Å². The maximum absolute atomic E-state index is 12.2. The van der Waals surface area contributed by atoms with Crippen molar-refractivity contribution in [1.82, 2.24) is 5.32 Å². The van der Waals surface area contributed by atoms with Crippen molar-refractivity contribution in [3.8, 4) is 17.2 Å². The number of carboxylic acid groups (broad SMARTS) is 1. The summed E-state index contributed by atoms with van der Waals surface area (Å²) in [5, 5.41) is 11.8. The van der Waals surface area contributed by atoms with Crippen LogP contribution in [-0.4, -0.2) is 24.1 Å². The molecule has 6 heteroatoms. The van der Waals surface area contributed by atoms with Gasteiger partial charge in [-0.15, -0.1) is 0 Å². The molecule has 0 aliphatic rings. The van der Waals surface area contributed by atoms with Gasteiger partial charge in [-0.1, -0.05) is 36.4 Å². The summed E-state index contributed by atoms with van der Waals surface area (Å²) in [6.07, 6.45) is 1.39. The molecule has 0 saturated heterocycles. The van der Waals surface area contributed by atoms with Gasteiger partial charge in [0.05, 0.1) is 7.11 Å². The smallest absolute Gasteiger partial charge is 0.352 e. The number of carbonyl (C=O) groups is 2. The van der Waals surface area contributed by atoms with Crippen molar-refractivity contribution in [2.45, 2.75) is 0 Å². The molecule has 0 aromatic heterocycles. The van der Waals surface area contributed by atoms with Crippen molar-refractivity contribution in [3.63, 3.8) is 0 Å². The Bertz CT molecular complexity index is 1030. The first-order valence-electron chi connectivity index (χ1n) is 8.78. The Balaban J connectivity index is 1.73. The maximum Gasteiger partial charge on any atom is 0.352 e. The summed E-state index contributed by atoms with van der Waals surface area (Å²) in [7, 11) is 1.58. The minimum Gasteiger partial charge on any atom is -0.497 e. The molecule has 3 aromatic carbocycles. The third-order valence-corrected chi connectivity index (χ3v) is 3.98. The molecule has 0 aliphatic heterocycles. The van der Waals surface area contributed by atoms with Gasteiger partial charge in [-0.05, 0) is 48.0 Å². The number of ether oxygens (including phenoxy) is 2.